The van der Waals surface area contributed by atoms with Gasteiger partial charge in [0.1, 0.15) is 11.6 Å². The van der Waals surface area contributed by atoms with Crippen LogP contribution in [-0.2, 0) is 4.74 Å². The first-order valence-corrected chi connectivity index (χ1v) is 4.18. The number of hydrogen-bond acceptors (Lipinski definition) is 3. The largest absolute Gasteiger partial charge is 0.508 e. The third kappa shape index (κ3) is 3.20. The fourth-order valence-corrected chi connectivity index (χ4v) is 0.894. The molecule has 0 aliphatic carbocycles. The number of halogens is 4. The summed E-state index contributed by atoms with van der Waals surface area (Å²) in [5.41, 5.74) is -0.729. The maximum atomic E-state index is 13.1. The Morgan fingerprint density at radius 2 is 1.94 bits per heavy atom. The number of esters is 1. The van der Waals surface area contributed by atoms with E-state index in [1.54, 1.807) is 0 Å². The molecule has 3 nitrogen and oxygen atoms in total. The van der Waals surface area contributed by atoms with E-state index >= 15 is 0 Å². The summed E-state index contributed by atoms with van der Waals surface area (Å²) < 4.78 is 52.9. The Morgan fingerprint density at radius 3 is 2.41 bits per heavy atom. The van der Waals surface area contributed by atoms with Crippen LogP contribution in [0.4, 0.5) is 17.6 Å². The second kappa shape index (κ2) is 4.44. The summed E-state index contributed by atoms with van der Waals surface area (Å²) in [5, 5.41) is 8.84. The number of aromatic hydroxyl groups is 1. The lowest BCUT2D eigenvalue weighted by atomic mass is 10.2. The van der Waals surface area contributed by atoms with E-state index in [1.165, 1.54) is 0 Å². The van der Waals surface area contributed by atoms with Crippen LogP contribution in [0.25, 0.3) is 0 Å². The SMILES string of the molecule is C=C(OC(=O)c1ccc(O)cc1F)C(F)(F)F. The maximum absolute atomic E-state index is 13.1. The first-order valence-electron chi connectivity index (χ1n) is 4.18. The number of hydrogen-bond donors (Lipinski definition) is 1. The summed E-state index contributed by atoms with van der Waals surface area (Å²) in [5.74, 6) is -4.93. The van der Waals surface area contributed by atoms with Crippen molar-refractivity contribution in [2.75, 3.05) is 0 Å². The highest BCUT2D eigenvalue weighted by Crippen LogP contribution is 2.26. The summed E-state index contributed by atoms with van der Waals surface area (Å²) in [7, 11) is 0. The van der Waals surface area contributed by atoms with E-state index in [0.29, 0.717) is 6.07 Å². The maximum Gasteiger partial charge on any atom is 0.449 e. The Bertz CT molecular complexity index is 465. The average molecular weight is 250 g/mol. The summed E-state index contributed by atoms with van der Waals surface area (Å²) in [6.45, 7) is 2.50. The Kier molecular flexibility index (Phi) is 3.40. The molecule has 17 heavy (non-hydrogen) atoms. The van der Waals surface area contributed by atoms with Crippen LogP contribution in [-0.4, -0.2) is 17.3 Å². The van der Waals surface area contributed by atoms with E-state index in [4.69, 9.17) is 5.11 Å². The van der Waals surface area contributed by atoms with E-state index in [1.807, 2.05) is 0 Å². The third-order valence-corrected chi connectivity index (χ3v) is 1.70. The van der Waals surface area contributed by atoms with Gasteiger partial charge >= 0.3 is 12.1 Å². The van der Waals surface area contributed by atoms with Gasteiger partial charge in [0.05, 0.1) is 5.56 Å². The van der Waals surface area contributed by atoms with Gasteiger partial charge in [-0.1, -0.05) is 6.58 Å². The van der Waals surface area contributed by atoms with Crippen molar-refractivity contribution in [2.24, 2.45) is 0 Å². The molecular formula is C10H6F4O3. The molecule has 0 bridgehead atoms. The summed E-state index contributed by atoms with van der Waals surface area (Å²) >= 11 is 0. The van der Waals surface area contributed by atoms with Crippen LogP contribution in [0.1, 0.15) is 10.4 Å². The normalized spacial score (nSPS) is 11.1. The standard InChI is InChI=1S/C10H6F4O3/c1-5(10(12,13)14)17-9(16)7-3-2-6(15)4-8(7)11/h2-4,15H,1H2. The molecule has 1 rings (SSSR count). The third-order valence-electron chi connectivity index (χ3n) is 1.70. The predicted molar refractivity (Wildman–Crippen MR) is 48.7 cm³/mol. The summed E-state index contributed by atoms with van der Waals surface area (Å²) in [4.78, 5) is 11.1. The second-order valence-corrected chi connectivity index (χ2v) is 2.97. The number of rotatable bonds is 2. The van der Waals surface area contributed by atoms with Gasteiger partial charge in [-0.2, -0.15) is 13.2 Å². The van der Waals surface area contributed by atoms with Gasteiger partial charge in [-0.15, -0.1) is 0 Å². The lowest BCUT2D eigenvalue weighted by Gasteiger charge is -2.10. The summed E-state index contributed by atoms with van der Waals surface area (Å²) in [6.07, 6.45) is -4.90. The molecule has 0 saturated heterocycles. The molecule has 0 aliphatic heterocycles. The lowest BCUT2D eigenvalue weighted by molar-refractivity contribution is -0.122. The molecule has 0 spiro atoms. The van der Waals surface area contributed by atoms with Gasteiger partial charge in [0.25, 0.3) is 0 Å². The molecule has 0 saturated carbocycles. The molecule has 0 heterocycles. The van der Waals surface area contributed by atoms with Gasteiger partial charge in [-0.05, 0) is 12.1 Å². The van der Waals surface area contributed by atoms with Crippen molar-refractivity contribution < 1.29 is 32.2 Å². The van der Waals surface area contributed by atoms with Crippen LogP contribution in [0.15, 0.2) is 30.5 Å². The fourth-order valence-electron chi connectivity index (χ4n) is 0.894. The zero-order chi connectivity index (χ0) is 13.2. The molecular weight excluding hydrogens is 244 g/mol. The minimum absolute atomic E-state index is 0.464. The highest BCUT2D eigenvalue weighted by atomic mass is 19.4. The van der Waals surface area contributed by atoms with Gasteiger partial charge in [-0.25, -0.2) is 9.18 Å². The smallest absolute Gasteiger partial charge is 0.449 e. The Labute approximate surface area is 92.9 Å². The average Bonchev–Trinajstić information content (AvgIpc) is 2.15. The summed E-state index contributed by atoms with van der Waals surface area (Å²) in [6, 6.07) is 2.32. The van der Waals surface area contributed by atoms with Crippen molar-refractivity contribution in [3.63, 3.8) is 0 Å². The van der Waals surface area contributed by atoms with Crippen molar-refractivity contribution in [1.82, 2.24) is 0 Å². The number of alkyl halides is 3. The van der Waals surface area contributed by atoms with E-state index in [0.717, 1.165) is 12.1 Å². The number of allylic oxidation sites excluding steroid dienone is 1. The van der Waals surface area contributed by atoms with Crippen LogP contribution in [0, 0.1) is 5.82 Å². The van der Waals surface area contributed by atoms with Crippen LogP contribution in [0.3, 0.4) is 0 Å². The minimum Gasteiger partial charge on any atom is -0.508 e. The monoisotopic (exact) mass is 250 g/mol. The molecule has 0 aromatic heterocycles. The number of carbonyl (C=O) groups excluding carboxylic acids is 1. The van der Waals surface area contributed by atoms with Gasteiger partial charge in [0.2, 0.25) is 5.76 Å². The van der Waals surface area contributed by atoms with Crippen LogP contribution < -0.4 is 0 Å². The van der Waals surface area contributed by atoms with E-state index in [9.17, 15) is 22.4 Å². The van der Waals surface area contributed by atoms with Crippen molar-refractivity contribution in [3.8, 4) is 5.75 Å². The quantitative estimate of drug-likeness (QED) is 0.498. The molecule has 0 unspecified atom stereocenters. The molecule has 0 fully saturated rings. The van der Waals surface area contributed by atoms with Crippen LogP contribution in [0.5, 0.6) is 5.75 Å². The lowest BCUT2D eigenvalue weighted by Crippen LogP contribution is -2.18. The number of phenols is 1. The molecule has 0 aliphatic rings. The van der Waals surface area contributed by atoms with Crippen molar-refractivity contribution >= 4 is 5.97 Å². The van der Waals surface area contributed by atoms with E-state index < -0.39 is 35.0 Å². The molecule has 7 heteroatoms. The van der Waals surface area contributed by atoms with Crippen molar-refractivity contribution in [1.29, 1.82) is 0 Å². The highest BCUT2D eigenvalue weighted by molar-refractivity contribution is 5.90. The molecule has 1 aromatic carbocycles. The van der Waals surface area contributed by atoms with Gasteiger partial charge in [0, 0.05) is 6.07 Å². The first-order chi connectivity index (χ1) is 7.71. The second-order valence-electron chi connectivity index (χ2n) is 2.97. The number of benzene rings is 1. The van der Waals surface area contributed by atoms with E-state index in [2.05, 4.69) is 11.3 Å². The Balaban J connectivity index is 2.88. The highest BCUT2D eigenvalue weighted by Gasteiger charge is 2.36. The first kappa shape index (κ1) is 13.0. The fraction of sp³-hybridized carbons (Fsp3) is 0.100. The molecule has 1 N–H and O–H groups in total. The predicted octanol–water partition coefficient (Wildman–Crippen LogP) is 2.76. The van der Waals surface area contributed by atoms with Crippen molar-refractivity contribution in [3.05, 3.63) is 41.9 Å². The number of ether oxygens (including phenoxy) is 1. The molecule has 0 amide bonds. The van der Waals surface area contributed by atoms with E-state index in [-0.39, 0.29) is 0 Å². The van der Waals surface area contributed by atoms with Gasteiger partial charge in [-0.3, -0.25) is 0 Å². The minimum atomic E-state index is -4.90. The Morgan fingerprint density at radius 1 is 1.35 bits per heavy atom. The van der Waals surface area contributed by atoms with Crippen LogP contribution in [0.2, 0.25) is 0 Å². The zero-order valence-electron chi connectivity index (χ0n) is 8.21. The number of phenolic OH excluding ortho intramolecular Hbond substituents is 1. The van der Waals surface area contributed by atoms with Gasteiger partial charge in [0.15, 0.2) is 0 Å². The molecule has 1 aromatic rings. The van der Waals surface area contributed by atoms with Crippen LogP contribution >= 0.6 is 0 Å². The molecule has 0 atom stereocenters. The zero-order valence-corrected chi connectivity index (χ0v) is 8.21. The Hall–Kier alpha value is -2.05. The topological polar surface area (TPSA) is 46.5 Å². The molecule has 0 radical (unpaired) electrons. The number of carbonyl (C=O) groups is 1. The molecule has 92 valence electrons. The van der Waals surface area contributed by atoms with Gasteiger partial charge < -0.3 is 9.84 Å². The van der Waals surface area contributed by atoms with Crippen molar-refractivity contribution in [2.45, 2.75) is 6.18 Å².